The molecule has 3 N–H and O–H groups in total. The van der Waals surface area contributed by atoms with Gasteiger partial charge in [-0.05, 0) is 68.8 Å². The van der Waals surface area contributed by atoms with Gasteiger partial charge in [-0.1, -0.05) is 6.07 Å². The standard InChI is InChI=1S/C23H29N3O4/c1-5-26(16(2)3)19-10-8-18(9-11-19)25-23(28)13-7-17-6-12-20(21(14-17)29-4)30-15-22(24)27/h6-14,16H,5,15H2,1-4H3,(H2,24,27)(H,25,28)/b13-7+. The minimum absolute atomic E-state index is 0.236. The van der Waals surface area contributed by atoms with E-state index in [9.17, 15) is 9.59 Å². The predicted molar refractivity (Wildman–Crippen MR) is 120 cm³/mol. The quantitative estimate of drug-likeness (QED) is 0.584. The Morgan fingerprint density at radius 1 is 1.13 bits per heavy atom. The molecule has 0 heterocycles. The number of nitrogens with two attached hydrogens (primary N) is 1. The minimum atomic E-state index is -0.572. The summed E-state index contributed by atoms with van der Waals surface area (Å²) in [6, 6.07) is 13.3. The van der Waals surface area contributed by atoms with Crippen molar-refractivity contribution in [3.8, 4) is 11.5 Å². The predicted octanol–water partition coefficient (Wildman–Crippen LogP) is 3.45. The largest absolute Gasteiger partial charge is 0.493 e. The molecule has 160 valence electrons. The van der Waals surface area contributed by atoms with E-state index >= 15 is 0 Å². The van der Waals surface area contributed by atoms with E-state index in [1.165, 1.54) is 13.2 Å². The fourth-order valence-electron chi connectivity index (χ4n) is 2.99. The van der Waals surface area contributed by atoms with Gasteiger partial charge < -0.3 is 25.4 Å². The Bertz CT molecular complexity index is 892. The number of anilines is 2. The third kappa shape index (κ3) is 6.55. The fraction of sp³-hybridized carbons (Fsp3) is 0.304. The van der Waals surface area contributed by atoms with Gasteiger partial charge in [-0.2, -0.15) is 0 Å². The van der Waals surface area contributed by atoms with Crippen LogP contribution in [0.4, 0.5) is 11.4 Å². The zero-order valence-corrected chi connectivity index (χ0v) is 17.8. The lowest BCUT2D eigenvalue weighted by atomic mass is 10.2. The van der Waals surface area contributed by atoms with Gasteiger partial charge in [0.1, 0.15) is 0 Å². The summed E-state index contributed by atoms with van der Waals surface area (Å²) in [4.78, 5) is 25.4. The molecule has 0 saturated heterocycles. The summed E-state index contributed by atoms with van der Waals surface area (Å²) in [5, 5.41) is 2.85. The Morgan fingerprint density at radius 3 is 2.40 bits per heavy atom. The van der Waals surface area contributed by atoms with Crippen molar-refractivity contribution in [3.05, 3.63) is 54.1 Å². The van der Waals surface area contributed by atoms with E-state index in [0.717, 1.165) is 23.5 Å². The molecular formula is C23H29N3O4. The molecule has 0 bridgehead atoms. The van der Waals surface area contributed by atoms with Gasteiger partial charge >= 0.3 is 0 Å². The molecule has 7 nitrogen and oxygen atoms in total. The number of hydrogen-bond acceptors (Lipinski definition) is 5. The van der Waals surface area contributed by atoms with E-state index < -0.39 is 5.91 Å². The van der Waals surface area contributed by atoms with E-state index in [0.29, 0.717) is 17.5 Å². The Balaban J connectivity index is 2.01. The van der Waals surface area contributed by atoms with Crippen LogP contribution in [0.3, 0.4) is 0 Å². The zero-order valence-electron chi connectivity index (χ0n) is 17.8. The van der Waals surface area contributed by atoms with Crippen LogP contribution in [0.1, 0.15) is 26.3 Å². The molecule has 7 heteroatoms. The smallest absolute Gasteiger partial charge is 0.255 e. The lowest BCUT2D eigenvalue weighted by Crippen LogP contribution is -2.30. The molecule has 2 aromatic rings. The summed E-state index contributed by atoms with van der Waals surface area (Å²) in [6.07, 6.45) is 3.11. The van der Waals surface area contributed by atoms with Gasteiger partial charge in [-0.25, -0.2) is 0 Å². The summed E-state index contributed by atoms with van der Waals surface area (Å²) >= 11 is 0. The van der Waals surface area contributed by atoms with E-state index in [4.69, 9.17) is 15.2 Å². The summed E-state index contributed by atoms with van der Waals surface area (Å²) in [5.41, 5.74) is 7.68. The topological polar surface area (TPSA) is 93.9 Å². The van der Waals surface area contributed by atoms with Gasteiger partial charge in [0.2, 0.25) is 5.91 Å². The Labute approximate surface area is 177 Å². The molecule has 0 saturated carbocycles. The number of ether oxygens (including phenoxy) is 2. The number of benzene rings is 2. The van der Waals surface area contributed by atoms with Crippen LogP contribution in [-0.4, -0.2) is 38.1 Å². The fourth-order valence-corrected chi connectivity index (χ4v) is 2.99. The Kier molecular flexibility index (Phi) is 8.29. The van der Waals surface area contributed by atoms with Gasteiger partial charge in [0.15, 0.2) is 18.1 Å². The van der Waals surface area contributed by atoms with Crippen LogP contribution < -0.4 is 25.4 Å². The van der Waals surface area contributed by atoms with Crippen LogP contribution in [0, 0.1) is 0 Å². The molecule has 0 atom stereocenters. The molecule has 2 aromatic carbocycles. The lowest BCUT2D eigenvalue weighted by Gasteiger charge is -2.27. The molecule has 0 aliphatic carbocycles. The molecule has 0 radical (unpaired) electrons. The number of nitrogens with zero attached hydrogens (tertiary/aromatic N) is 1. The molecule has 0 aliphatic rings. The normalized spacial score (nSPS) is 10.8. The van der Waals surface area contributed by atoms with Crippen LogP contribution in [0.25, 0.3) is 6.08 Å². The van der Waals surface area contributed by atoms with Gasteiger partial charge in [0.05, 0.1) is 7.11 Å². The molecule has 2 rings (SSSR count). The first-order valence-corrected chi connectivity index (χ1v) is 9.79. The van der Waals surface area contributed by atoms with E-state index in [2.05, 4.69) is 31.0 Å². The van der Waals surface area contributed by atoms with Crippen molar-refractivity contribution in [2.24, 2.45) is 5.73 Å². The number of nitrogens with one attached hydrogen (secondary N) is 1. The van der Waals surface area contributed by atoms with Crippen LogP contribution >= 0.6 is 0 Å². The maximum Gasteiger partial charge on any atom is 0.255 e. The maximum absolute atomic E-state index is 12.3. The van der Waals surface area contributed by atoms with Crippen molar-refractivity contribution in [1.29, 1.82) is 0 Å². The number of methoxy groups -OCH3 is 1. The van der Waals surface area contributed by atoms with Crippen molar-refractivity contribution < 1.29 is 19.1 Å². The first-order chi connectivity index (χ1) is 14.3. The number of rotatable bonds is 10. The zero-order chi connectivity index (χ0) is 22.1. The Morgan fingerprint density at radius 2 is 1.83 bits per heavy atom. The summed E-state index contributed by atoms with van der Waals surface area (Å²) < 4.78 is 10.6. The van der Waals surface area contributed by atoms with Crippen LogP contribution in [-0.2, 0) is 9.59 Å². The number of primary amides is 1. The van der Waals surface area contributed by atoms with Crippen molar-refractivity contribution in [3.63, 3.8) is 0 Å². The average Bonchev–Trinajstić information content (AvgIpc) is 2.72. The van der Waals surface area contributed by atoms with Crippen molar-refractivity contribution in [2.45, 2.75) is 26.8 Å². The van der Waals surface area contributed by atoms with E-state index in [-0.39, 0.29) is 12.5 Å². The highest BCUT2D eigenvalue weighted by molar-refractivity contribution is 6.02. The molecular weight excluding hydrogens is 382 g/mol. The summed E-state index contributed by atoms with van der Waals surface area (Å²) in [5.74, 6) is 0.0323. The minimum Gasteiger partial charge on any atom is -0.493 e. The molecule has 0 spiro atoms. The summed E-state index contributed by atoms with van der Waals surface area (Å²) in [6.45, 7) is 7.10. The molecule has 0 unspecified atom stereocenters. The number of carbonyl (C=O) groups is 2. The highest BCUT2D eigenvalue weighted by Gasteiger charge is 2.09. The van der Waals surface area contributed by atoms with Gasteiger partial charge in [-0.3, -0.25) is 9.59 Å². The molecule has 0 aromatic heterocycles. The Hall–Kier alpha value is -3.48. The number of amides is 2. The van der Waals surface area contributed by atoms with Crippen LogP contribution in [0.5, 0.6) is 11.5 Å². The highest BCUT2D eigenvalue weighted by Crippen LogP contribution is 2.28. The summed E-state index contributed by atoms with van der Waals surface area (Å²) in [7, 11) is 1.50. The second-order valence-electron chi connectivity index (χ2n) is 6.91. The van der Waals surface area contributed by atoms with Crippen molar-refractivity contribution >= 4 is 29.3 Å². The highest BCUT2D eigenvalue weighted by atomic mass is 16.5. The van der Waals surface area contributed by atoms with Crippen molar-refractivity contribution in [2.75, 3.05) is 30.5 Å². The van der Waals surface area contributed by atoms with Gasteiger partial charge in [0, 0.05) is 30.0 Å². The first kappa shape index (κ1) is 22.8. The van der Waals surface area contributed by atoms with Crippen LogP contribution in [0.2, 0.25) is 0 Å². The number of hydrogen-bond donors (Lipinski definition) is 2. The van der Waals surface area contributed by atoms with E-state index in [1.807, 2.05) is 24.3 Å². The van der Waals surface area contributed by atoms with Gasteiger partial charge in [0.25, 0.3) is 5.91 Å². The van der Waals surface area contributed by atoms with Crippen LogP contribution in [0.15, 0.2) is 48.5 Å². The second kappa shape index (κ2) is 10.9. The van der Waals surface area contributed by atoms with Crippen molar-refractivity contribution in [1.82, 2.24) is 0 Å². The molecule has 0 aliphatic heterocycles. The molecule has 2 amide bonds. The number of carbonyl (C=O) groups excluding carboxylic acids is 2. The average molecular weight is 412 g/mol. The second-order valence-corrected chi connectivity index (χ2v) is 6.91. The van der Waals surface area contributed by atoms with E-state index in [1.54, 1.807) is 24.3 Å². The molecule has 0 fully saturated rings. The van der Waals surface area contributed by atoms with Gasteiger partial charge in [-0.15, -0.1) is 0 Å². The third-order valence-corrected chi connectivity index (χ3v) is 4.42. The maximum atomic E-state index is 12.3. The molecule has 30 heavy (non-hydrogen) atoms. The lowest BCUT2D eigenvalue weighted by molar-refractivity contribution is -0.120. The third-order valence-electron chi connectivity index (χ3n) is 4.42. The monoisotopic (exact) mass is 411 g/mol. The SMILES string of the molecule is CCN(c1ccc(NC(=O)/C=C/c2ccc(OCC(N)=O)c(OC)c2)cc1)C(C)C. The first-order valence-electron chi connectivity index (χ1n) is 9.79.